The van der Waals surface area contributed by atoms with Gasteiger partial charge in [-0.1, -0.05) is 48.4 Å². The molecule has 0 aromatic heterocycles. The molecule has 1 saturated carbocycles. The lowest BCUT2D eigenvalue weighted by molar-refractivity contribution is 0.149. The highest BCUT2D eigenvalue weighted by atomic mass is 16.3. The van der Waals surface area contributed by atoms with Crippen molar-refractivity contribution in [1.82, 2.24) is 0 Å². The molecule has 1 N–H and O–H groups in total. The van der Waals surface area contributed by atoms with E-state index in [0.29, 0.717) is 5.92 Å². The predicted octanol–water partition coefficient (Wildman–Crippen LogP) is 3.25. The van der Waals surface area contributed by atoms with Gasteiger partial charge in [0.15, 0.2) is 0 Å². The van der Waals surface area contributed by atoms with Crippen LogP contribution in [-0.2, 0) is 0 Å². The molecule has 2 rings (SSSR count). The van der Waals surface area contributed by atoms with E-state index < -0.39 is 0 Å². The molecule has 1 aliphatic carbocycles. The van der Waals surface area contributed by atoms with Gasteiger partial charge in [-0.15, -0.1) is 0 Å². The van der Waals surface area contributed by atoms with Gasteiger partial charge >= 0.3 is 0 Å². The summed E-state index contributed by atoms with van der Waals surface area (Å²) in [5.41, 5.74) is 2.54. The van der Waals surface area contributed by atoms with Crippen molar-refractivity contribution in [2.45, 2.75) is 32.3 Å². The van der Waals surface area contributed by atoms with Crippen LogP contribution < -0.4 is 0 Å². The molecule has 15 heavy (non-hydrogen) atoms. The van der Waals surface area contributed by atoms with Crippen LogP contribution in [0.25, 0.3) is 6.08 Å². The van der Waals surface area contributed by atoms with Crippen LogP contribution in [0.5, 0.6) is 0 Å². The van der Waals surface area contributed by atoms with Gasteiger partial charge in [-0.05, 0) is 25.3 Å². The van der Waals surface area contributed by atoms with Crippen LogP contribution in [0.2, 0.25) is 0 Å². The Morgan fingerprint density at radius 1 is 1.27 bits per heavy atom. The van der Waals surface area contributed by atoms with Crippen LogP contribution in [-0.4, -0.2) is 11.2 Å². The molecular formula is C14H18O. The Bertz CT molecular complexity index is 340. The highest BCUT2D eigenvalue weighted by Crippen LogP contribution is 2.32. The number of hydrogen-bond donors (Lipinski definition) is 1. The minimum atomic E-state index is -0.120. The molecule has 2 atom stereocenters. The molecule has 0 radical (unpaired) electrons. The fourth-order valence-electron chi connectivity index (χ4n) is 2.39. The van der Waals surface area contributed by atoms with Gasteiger partial charge in [0.2, 0.25) is 0 Å². The van der Waals surface area contributed by atoms with E-state index in [4.69, 9.17) is 0 Å². The summed E-state index contributed by atoms with van der Waals surface area (Å²) in [6, 6.07) is 10.3. The second-order valence-corrected chi connectivity index (χ2v) is 4.40. The van der Waals surface area contributed by atoms with Gasteiger partial charge in [-0.2, -0.15) is 0 Å². The first kappa shape index (κ1) is 10.4. The molecule has 0 amide bonds. The molecular weight excluding hydrogens is 184 g/mol. The van der Waals surface area contributed by atoms with Crippen molar-refractivity contribution in [3.05, 3.63) is 41.5 Å². The topological polar surface area (TPSA) is 20.2 Å². The fraction of sp³-hybridized carbons (Fsp3) is 0.429. The maximum atomic E-state index is 9.80. The van der Waals surface area contributed by atoms with E-state index in [9.17, 15) is 5.11 Å². The second-order valence-electron chi connectivity index (χ2n) is 4.40. The molecule has 0 unspecified atom stereocenters. The van der Waals surface area contributed by atoms with Gasteiger partial charge in [0.05, 0.1) is 6.10 Å². The van der Waals surface area contributed by atoms with E-state index in [1.807, 2.05) is 18.2 Å². The van der Waals surface area contributed by atoms with Gasteiger partial charge in [-0.25, -0.2) is 0 Å². The number of hydrogen-bond acceptors (Lipinski definition) is 1. The van der Waals surface area contributed by atoms with E-state index in [1.54, 1.807) is 0 Å². The third-order valence-electron chi connectivity index (χ3n) is 3.26. The lowest BCUT2D eigenvalue weighted by atomic mass is 9.95. The van der Waals surface area contributed by atoms with Gasteiger partial charge in [0.1, 0.15) is 0 Å². The van der Waals surface area contributed by atoms with Crippen LogP contribution in [0.3, 0.4) is 0 Å². The van der Waals surface area contributed by atoms with Crippen LogP contribution in [0, 0.1) is 5.92 Å². The lowest BCUT2D eigenvalue weighted by Gasteiger charge is -2.15. The van der Waals surface area contributed by atoms with Crippen molar-refractivity contribution in [3.8, 4) is 0 Å². The Kier molecular flexibility index (Phi) is 3.22. The summed E-state index contributed by atoms with van der Waals surface area (Å²) in [5.74, 6) is 0.380. The molecule has 1 aromatic carbocycles. The van der Waals surface area contributed by atoms with Crippen LogP contribution >= 0.6 is 0 Å². The average Bonchev–Trinajstić information content (AvgIpc) is 2.66. The van der Waals surface area contributed by atoms with Gasteiger partial charge < -0.3 is 5.11 Å². The number of aliphatic hydroxyl groups excluding tert-OH is 1. The Morgan fingerprint density at radius 2 is 2.00 bits per heavy atom. The van der Waals surface area contributed by atoms with E-state index in [-0.39, 0.29) is 6.10 Å². The Balaban J connectivity index is 2.13. The third-order valence-corrected chi connectivity index (χ3v) is 3.26. The first-order chi connectivity index (χ1) is 7.27. The van der Waals surface area contributed by atoms with Crippen molar-refractivity contribution >= 4 is 6.08 Å². The molecule has 0 aliphatic heterocycles. The van der Waals surface area contributed by atoms with Gasteiger partial charge in [0.25, 0.3) is 0 Å². The average molecular weight is 202 g/mol. The monoisotopic (exact) mass is 202 g/mol. The highest BCUT2D eigenvalue weighted by Gasteiger charge is 2.26. The van der Waals surface area contributed by atoms with Crippen molar-refractivity contribution in [2.75, 3.05) is 0 Å². The van der Waals surface area contributed by atoms with Crippen LogP contribution in [0.1, 0.15) is 31.7 Å². The molecule has 1 heteroatoms. The number of rotatable bonds is 2. The smallest absolute Gasteiger partial charge is 0.0605 e. The van der Waals surface area contributed by atoms with Crippen LogP contribution in [0.4, 0.5) is 0 Å². The van der Waals surface area contributed by atoms with Gasteiger partial charge in [-0.3, -0.25) is 0 Å². The summed E-state index contributed by atoms with van der Waals surface area (Å²) in [6.45, 7) is 2.13. The standard InChI is InChI=1S/C14H18O/c1-11(13-8-5-9-14(13)15)10-12-6-3-2-4-7-12/h2-4,6-7,10,13-15H,5,8-9H2,1H3/b11-10-/t13-,14-/m1/s1. The normalized spacial score (nSPS) is 26.9. The zero-order valence-electron chi connectivity index (χ0n) is 9.19. The predicted molar refractivity (Wildman–Crippen MR) is 63.4 cm³/mol. The molecule has 0 bridgehead atoms. The van der Waals surface area contributed by atoms with Gasteiger partial charge in [0, 0.05) is 5.92 Å². The minimum Gasteiger partial charge on any atom is -0.393 e. The zero-order chi connectivity index (χ0) is 10.7. The van der Waals surface area contributed by atoms with E-state index in [1.165, 1.54) is 11.1 Å². The molecule has 0 spiro atoms. The molecule has 1 fully saturated rings. The molecule has 1 aliphatic rings. The second kappa shape index (κ2) is 4.63. The fourth-order valence-corrected chi connectivity index (χ4v) is 2.39. The van der Waals surface area contributed by atoms with Crippen molar-refractivity contribution < 1.29 is 5.11 Å². The lowest BCUT2D eigenvalue weighted by Crippen LogP contribution is -2.13. The minimum absolute atomic E-state index is 0.120. The SMILES string of the molecule is C/C(=C/c1ccccc1)[C@H]1CCC[C@H]1O. The molecule has 0 saturated heterocycles. The number of aliphatic hydroxyl groups is 1. The quantitative estimate of drug-likeness (QED) is 0.780. The summed E-state index contributed by atoms with van der Waals surface area (Å²) in [6.07, 6.45) is 5.33. The molecule has 1 nitrogen and oxygen atoms in total. The summed E-state index contributed by atoms with van der Waals surface area (Å²) in [4.78, 5) is 0. The van der Waals surface area contributed by atoms with Crippen molar-refractivity contribution in [2.24, 2.45) is 5.92 Å². The zero-order valence-corrected chi connectivity index (χ0v) is 9.19. The first-order valence-electron chi connectivity index (χ1n) is 5.68. The maximum absolute atomic E-state index is 9.80. The molecule has 0 heterocycles. The van der Waals surface area contributed by atoms with E-state index in [0.717, 1.165) is 19.3 Å². The van der Waals surface area contributed by atoms with E-state index >= 15 is 0 Å². The summed E-state index contributed by atoms with van der Waals surface area (Å²) >= 11 is 0. The Labute approximate surface area is 91.4 Å². The molecule has 1 aromatic rings. The summed E-state index contributed by atoms with van der Waals surface area (Å²) < 4.78 is 0. The maximum Gasteiger partial charge on any atom is 0.0605 e. The summed E-state index contributed by atoms with van der Waals surface area (Å²) in [5, 5.41) is 9.80. The Hall–Kier alpha value is -1.08. The van der Waals surface area contributed by atoms with E-state index in [2.05, 4.69) is 25.1 Å². The van der Waals surface area contributed by atoms with Crippen LogP contribution in [0.15, 0.2) is 35.9 Å². The largest absolute Gasteiger partial charge is 0.393 e. The highest BCUT2D eigenvalue weighted by molar-refractivity contribution is 5.52. The van der Waals surface area contributed by atoms with Crippen molar-refractivity contribution in [3.63, 3.8) is 0 Å². The number of benzene rings is 1. The molecule has 80 valence electrons. The first-order valence-corrected chi connectivity index (χ1v) is 5.68. The third kappa shape index (κ3) is 2.48. The van der Waals surface area contributed by atoms with Crippen molar-refractivity contribution in [1.29, 1.82) is 0 Å². The summed E-state index contributed by atoms with van der Waals surface area (Å²) in [7, 11) is 0. The Morgan fingerprint density at radius 3 is 2.60 bits per heavy atom.